The van der Waals surface area contributed by atoms with Gasteiger partial charge in [0.1, 0.15) is 11.5 Å². The van der Waals surface area contributed by atoms with E-state index in [1.165, 1.54) is 22.3 Å². The predicted octanol–water partition coefficient (Wildman–Crippen LogP) is 3.07. The van der Waals surface area contributed by atoms with Crippen molar-refractivity contribution < 1.29 is 9.47 Å². The number of rotatable bonds is 1. The van der Waals surface area contributed by atoms with Crippen molar-refractivity contribution in [3.63, 3.8) is 0 Å². The zero-order chi connectivity index (χ0) is 11.8. The van der Waals surface area contributed by atoms with E-state index in [0.29, 0.717) is 0 Å². The van der Waals surface area contributed by atoms with Gasteiger partial charge in [-0.2, -0.15) is 12.6 Å². The Kier molecular flexibility index (Phi) is 2.95. The fourth-order valence-corrected chi connectivity index (χ4v) is 3.27. The minimum absolute atomic E-state index is 0.744. The lowest BCUT2D eigenvalue weighted by Crippen LogP contribution is -2.18. The van der Waals surface area contributed by atoms with E-state index in [1.807, 2.05) is 0 Å². The molecule has 2 heterocycles. The van der Waals surface area contributed by atoms with Crippen molar-refractivity contribution in [2.24, 2.45) is 0 Å². The third-order valence-corrected chi connectivity index (χ3v) is 4.09. The summed E-state index contributed by atoms with van der Waals surface area (Å²) in [7, 11) is 0. The summed E-state index contributed by atoms with van der Waals surface area (Å²) in [4.78, 5) is 0. The van der Waals surface area contributed by atoms with E-state index in [1.54, 1.807) is 0 Å². The molecule has 2 nitrogen and oxygen atoms in total. The number of thiol groups is 1. The molecule has 0 spiro atoms. The second-order valence-electron chi connectivity index (χ2n) is 4.78. The van der Waals surface area contributed by atoms with E-state index in [4.69, 9.17) is 9.47 Å². The first-order valence-electron chi connectivity index (χ1n) is 6.36. The number of ether oxygens (including phenoxy) is 2. The summed E-state index contributed by atoms with van der Waals surface area (Å²) < 4.78 is 11.8. The molecule has 2 aliphatic rings. The Morgan fingerprint density at radius 1 is 1.00 bits per heavy atom. The predicted molar refractivity (Wildman–Crippen MR) is 71.5 cm³/mol. The standard InChI is InChI=1S/C14H18O2S/c1-9-10-4-2-7-16-14(10)12(8-17)11-5-3-6-15-13(9)11/h17H,2-8H2,1H3. The smallest absolute Gasteiger partial charge is 0.127 e. The van der Waals surface area contributed by atoms with Crippen molar-refractivity contribution in [3.05, 3.63) is 22.3 Å². The van der Waals surface area contributed by atoms with Gasteiger partial charge in [-0.05, 0) is 38.2 Å². The number of hydrogen-bond donors (Lipinski definition) is 1. The van der Waals surface area contributed by atoms with Gasteiger partial charge in [0, 0.05) is 22.4 Å². The molecule has 0 radical (unpaired) electrons. The fourth-order valence-electron chi connectivity index (χ4n) is 2.94. The van der Waals surface area contributed by atoms with Crippen LogP contribution in [0.3, 0.4) is 0 Å². The molecule has 0 aliphatic carbocycles. The maximum Gasteiger partial charge on any atom is 0.127 e. The van der Waals surface area contributed by atoms with Crippen LogP contribution in [0.5, 0.6) is 11.5 Å². The van der Waals surface area contributed by atoms with Crippen molar-refractivity contribution in [1.29, 1.82) is 0 Å². The highest BCUT2D eigenvalue weighted by atomic mass is 32.1. The van der Waals surface area contributed by atoms with Crippen LogP contribution in [0.2, 0.25) is 0 Å². The Bertz CT molecular complexity index is 417. The molecule has 0 saturated carbocycles. The molecule has 92 valence electrons. The van der Waals surface area contributed by atoms with Crippen LogP contribution in [0, 0.1) is 6.92 Å². The first-order chi connectivity index (χ1) is 8.33. The molecule has 3 rings (SSSR count). The molecule has 1 aromatic rings. The van der Waals surface area contributed by atoms with Crippen molar-refractivity contribution >= 4 is 12.6 Å². The second-order valence-corrected chi connectivity index (χ2v) is 5.10. The quantitative estimate of drug-likeness (QED) is 0.772. The average molecular weight is 250 g/mol. The van der Waals surface area contributed by atoms with E-state index >= 15 is 0 Å². The third-order valence-electron chi connectivity index (χ3n) is 3.77. The Morgan fingerprint density at radius 2 is 1.65 bits per heavy atom. The minimum atomic E-state index is 0.744. The highest BCUT2D eigenvalue weighted by Crippen LogP contribution is 2.43. The summed E-state index contributed by atoms with van der Waals surface area (Å²) in [5.74, 6) is 2.96. The Morgan fingerprint density at radius 3 is 2.35 bits per heavy atom. The molecule has 0 N–H and O–H groups in total. The molecule has 0 bridgehead atoms. The normalized spacial score (nSPS) is 17.8. The molecule has 2 aliphatic heterocycles. The van der Waals surface area contributed by atoms with Gasteiger partial charge in [0.05, 0.1) is 13.2 Å². The Hall–Kier alpha value is -0.830. The lowest BCUT2D eigenvalue weighted by Gasteiger charge is -2.29. The Balaban J connectivity index is 2.25. The number of hydrogen-bond acceptors (Lipinski definition) is 3. The molecular formula is C14H18O2S. The van der Waals surface area contributed by atoms with Gasteiger partial charge < -0.3 is 9.47 Å². The second kappa shape index (κ2) is 4.45. The first kappa shape index (κ1) is 11.3. The molecule has 1 aromatic carbocycles. The van der Waals surface area contributed by atoms with Gasteiger partial charge in [0.2, 0.25) is 0 Å². The highest BCUT2D eigenvalue weighted by molar-refractivity contribution is 7.79. The largest absolute Gasteiger partial charge is 0.493 e. The molecule has 3 heteroatoms. The summed E-state index contributed by atoms with van der Waals surface area (Å²) in [6.45, 7) is 3.85. The Labute approximate surface area is 108 Å². The summed E-state index contributed by atoms with van der Waals surface area (Å²) in [5.41, 5.74) is 5.24. The molecule has 0 unspecified atom stereocenters. The van der Waals surface area contributed by atoms with Gasteiger partial charge >= 0.3 is 0 Å². The van der Waals surface area contributed by atoms with Gasteiger partial charge in [-0.3, -0.25) is 0 Å². The van der Waals surface area contributed by atoms with E-state index in [2.05, 4.69) is 19.6 Å². The van der Waals surface area contributed by atoms with Crippen molar-refractivity contribution in [2.45, 2.75) is 38.4 Å². The SMILES string of the molecule is Cc1c2c(c(CS)c3c1OCCC3)OCCC2. The van der Waals surface area contributed by atoms with Crippen LogP contribution in [0.4, 0.5) is 0 Å². The average Bonchev–Trinajstić information content (AvgIpc) is 2.40. The molecule has 0 atom stereocenters. The maximum absolute atomic E-state index is 5.89. The van der Waals surface area contributed by atoms with Gasteiger partial charge in [-0.15, -0.1) is 0 Å². The van der Waals surface area contributed by atoms with Crippen LogP contribution in [0.15, 0.2) is 0 Å². The number of fused-ring (bicyclic) bond motifs is 2. The molecule has 0 aromatic heterocycles. The number of benzene rings is 1. The van der Waals surface area contributed by atoms with Gasteiger partial charge in [-0.25, -0.2) is 0 Å². The fraction of sp³-hybridized carbons (Fsp3) is 0.571. The molecule has 0 fully saturated rings. The topological polar surface area (TPSA) is 18.5 Å². The minimum Gasteiger partial charge on any atom is -0.493 e. The van der Waals surface area contributed by atoms with E-state index in [0.717, 1.165) is 56.1 Å². The van der Waals surface area contributed by atoms with Crippen LogP contribution in [-0.4, -0.2) is 13.2 Å². The lowest BCUT2D eigenvalue weighted by molar-refractivity contribution is 0.268. The van der Waals surface area contributed by atoms with Crippen molar-refractivity contribution in [2.75, 3.05) is 13.2 Å². The highest BCUT2D eigenvalue weighted by Gasteiger charge is 2.26. The zero-order valence-electron chi connectivity index (χ0n) is 10.2. The van der Waals surface area contributed by atoms with E-state index in [9.17, 15) is 0 Å². The van der Waals surface area contributed by atoms with Crippen LogP contribution in [-0.2, 0) is 18.6 Å². The summed E-state index contributed by atoms with van der Waals surface area (Å²) in [6.07, 6.45) is 4.42. The maximum atomic E-state index is 5.89. The zero-order valence-corrected chi connectivity index (χ0v) is 11.1. The van der Waals surface area contributed by atoms with Gasteiger partial charge in [0.25, 0.3) is 0 Å². The third kappa shape index (κ3) is 1.71. The molecular weight excluding hydrogens is 232 g/mol. The van der Waals surface area contributed by atoms with Crippen molar-refractivity contribution in [3.8, 4) is 11.5 Å². The van der Waals surface area contributed by atoms with Crippen LogP contribution >= 0.6 is 12.6 Å². The monoisotopic (exact) mass is 250 g/mol. The van der Waals surface area contributed by atoms with Crippen LogP contribution < -0.4 is 9.47 Å². The van der Waals surface area contributed by atoms with Gasteiger partial charge in [0.15, 0.2) is 0 Å². The summed E-state index contributed by atoms with van der Waals surface area (Å²) in [6, 6.07) is 0. The van der Waals surface area contributed by atoms with E-state index in [-0.39, 0.29) is 0 Å². The van der Waals surface area contributed by atoms with Crippen molar-refractivity contribution in [1.82, 2.24) is 0 Å². The lowest BCUT2D eigenvalue weighted by atomic mass is 9.90. The molecule has 17 heavy (non-hydrogen) atoms. The molecule has 0 saturated heterocycles. The van der Waals surface area contributed by atoms with Crippen LogP contribution in [0.25, 0.3) is 0 Å². The summed E-state index contributed by atoms with van der Waals surface area (Å²) >= 11 is 4.48. The molecule has 0 amide bonds. The van der Waals surface area contributed by atoms with E-state index < -0.39 is 0 Å². The van der Waals surface area contributed by atoms with Crippen LogP contribution in [0.1, 0.15) is 35.1 Å². The summed E-state index contributed by atoms with van der Waals surface area (Å²) in [5, 5.41) is 0. The first-order valence-corrected chi connectivity index (χ1v) is 6.99. The van der Waals surface area contributed by atoms with Gasteiger partial charge in [-0.1, -0.05) is 0 Å².